The van der Waals surface area contributed by atoms with Crippen molar-refractivity contribution in [1.29, 1.82) is 0 Å². The van der Waals surface area contributed by atoms with Crippen LogP contribution in [0, 0.1) is 5.82 Å². The second-order valence-corrected chi connectivity index (χ2v) is 8.31. The first-order chi connectivity index (χ1) is 16.5. The number of unbranched alkanes of at least 4 members (excludes halogenated alkanes) is 2. The minimum Gasteiger partial charge on any atom is -0.342 e. The van der Waals surface area contributed by atoms with Crippen molar-refractivity contribution < 1.29 is 9.18 Å². The summed E-state index contributed by atoms with van der Waals surface area (Å²) in [7, 11) is 1.72. The standard InChI is InChI=1S/C27H27FN4O2/c1-32(27(34)23-14-15-24(29-26(23)33)19-9-4-2-5-10-19)16-7-3-6-13-22-18-25(31-30-22)20-11-8-12-21(28)17-20/h2,4-5,8-12,14-15,17-18H,3,6-7,13,16H2,1H3,(H,29,33)(H,30,31). The molecule has 2 heterocycles. The smallest absolute Gasteiger partial charge is 0.261 e. The van der Waals surface area contributed by atoms with Crippen LogP contribution in [-0.4, -0.2) is 39.6 Å². The van der Waals surface area contributed by atoms with E-state index in [-0.39, 0.29) is 22.8 Å². The number of carbonyl (C=O) groups excluding carboxylic acids is 1. The largest absolute Gasteiger partial charge is 0.342 e. The summed E-state index contributed by atoms with van der Waals surface area (Å²) in [6, 6.07) is 21.2. The molecule has 174 valence electrons. The van der Waals surface area contributed by atoms with Crippen molar-refractivity contribution in [3.05, 3.63) is 100 Å². The Kier molecular flexibility index (Phi) is 7.32. The summed E-state index contributed by atoms with van der Waals surface area (Å²) in [4.78, 5) is 29.6. The van der Waals surface area contributed by atoms with Crippen LogP contribution in [0.15, 0.2) is 77.6 Å². The molecular weight excluding hydrogens is 431 g/mol. The highest BCUT2D eigenvalue weighted by Crippen LogP contribution is 2.19. The highest BCUT2D eigenvalue weighted by molar-refractivity contribution is 5.93. The van der Waals surface area contributed by atoms with E-state index in [2.05, 4.69) is 15.2 Å². The van der Waals surface area contributed by atoms with Gasteiger partial charge in [0.15, 0.2) is 0 Å². The van der Waals surface area contributed by atoms with Gasteiger partial charge in [-0.15, -0.1) is 0 Å². The third-order valence-electron chi connectivity index (χ3n) is 5.76. The molecule has 0 aliphatic carbocycles. The molecule has 0 unspecified atom stereocenters. The Hall–Kier alpha value is -4.00. The Labute approximate surface area is 197 Å². The number of aryl methyl sites for hydroxylation is 1. The van der Waals surface area contributed by atoms with Crippen LogP contribution >= 0.6 is 0 Å². The first-order valence-corrected chi connectivity index (χ1v) is 11.4. The second kappa shape index (κ2) is 10.7. The molecule has 2 aromatic heterocycles. The molecule has 0 radical (unpaired) electrons. The zero-order valence-corrected chi connectivity index (χ0v) is 19.1. The van der Waals surface area contributed by atoms with E-state index in [0.717, 1.165) is 48.2 Å². The van der Waals surface area contributed by atoms with Gasteiger partial charge in [0.1, 0.15) is 11.4 Å². The minimum absolute atomic E-state index is 0.143. The summed E-state index contributed by atoms with van der Waals surface area (Å²) >= 11 is 0. The lowest BCUT2D eigenvalue weighted by Gasteiger charge is -2.17. The van der Waals surface area contributed by atoms with E-state index in [9.17, 15) is 14.0 Å². The predicted molar refractivity (Wildman–Crippen MR) is 131 cm³/mol. The van der Waals surface area contributed by atoms with Gasteiger partial charge in [-0.1, -0.05) is 48.9 Å². The monoisotopic (exact) mass is 458 g/mol. The first-order valence-electron chi connectivity index (χ1n) is 11.4. The Balaban J connectivity index is 1.24. The fraction of sp³-hybridized carbons (Fsp3) is 0.222. The van der Waals surface area contributed by atoms with Gasteiger partial charge in [0.25, 0.3) is 11.5 Å². The van der Waals surface area contributed by atoms with Gasteiger partial charge in [0.05, 0.1) is 5.69 Å². The van der Waals surface area contributed by atoms with Crippen LogP contribution in [0.5, 0.6) is 0 Å². The Bertz CT molecular complexity index is 1310. The number of aromatic amines is 2. The van der Waals surface area contributed by atoms with E-state index in [0.29, 0.717) is 12.2 Å². The molecule has 0 atom stereocenters. The number of rotatable bonds is 9. The van der Waals surface area contributed by atoms with Gasteiger partial charge in [-0.3, -0.25) is 14.7 Å². The van der Waals surface area contributed by atoms with Crippen molar-refractivity contribution in [2.75, 3.05) is 13.6 Å². The van der Waals surface area contributed by atoms with Gasteiger partial charge < -0.3 is 9.88 Å². The SMILES string of the molecule is CN(CCCCCc1cc(-c2cccc(F)c2)n[nH]1)C(=O)c1ccc(-c2ccccc2)[nH]c1=O. The van der Waals surface area contributed by atoms with Crippen molar-refractivity contribution in [2.24, 2.45) is 0 Å². The van der Waals surface area contributed by atoms with Crippen LogP contribution < -0.4 is 5.56 Å². The van der Waals surface area contributed by atoms with Crippen molar-refractivity contribution in [3.8, 4) is 22.5 Å². The van der Waals surface area contributed by atoms with Gasteiger partial charge in [-0.05, 0) is 55.2 Å². The summed E-state index contributed by atoms with van der Waals surface area (Å²) in [5.74, 6) is -0.566. The lowest BCUT2D eigenvalue weighted by Crippen LogP contribution is -2.32. The average Bonchev–Trinajstić information content (AvgIpc) is 3.33. The number of amides is 1. The molecule has 0 aliphatic heterocycles. The number of carbonyl (C=O) groups is 1. The van der Waals surface area contributed by atoms with Crippen LogP contribution in [0.4, 0.5) is 4.39 Å². The topological polar surface area (TPSA) is 81.8 Å². The van der Waals surface area contributed by atoms with Gasteiger partial charge in [-0.2, -0.15) is 5.10 Å². The third kappa shape index (κ3) is 5.67. The van der Waals surface area contributed by atoms with E-state index >= 15 is 0 Å². The predicted octanol–water partition coefficient (Wildman–Crippen LogP) is 5.06. The molecule has 0 fully saturated rings. The fourth-order valence-electron chi connectivity index (χ4n) is 3.86. The zero-order valence-electron chi connectivity index (χ0n) is 19.1. The van der Waals surface area contributed by atoms with Gasteiger partial charge >= 0.3 is 0 Å². The molecular formula is C27H27FN4O2. The maximum atomic E-state index is 13.4. The normalized spacial score (nSPS) is 10.9. The molecule has 0 bridgehead atoms. The molecule has 0 saturated heterocycles. The number of hydrogen-bond acceptors (Lipinski definition) is 3. The lowest BCUT2D eigenvalue weighted by molar-refractivity contribution is 0.0791. The molecule has 2 aromatic carbocycles. The van der Waals surface area contributed by atoms with E-state index in [1.54, 1.807) is 30.1 Å². The van der Waals surface area contributed by atoms with E-state index in [4.69, 9.17) is 0 Å². The number of hydrogen-bond donors (Lipinski definition) is 2. The molecule has 34 heavy (non-hydrogen) atoms. The fourth-order valence-corrected chi connectivity index (χ4v) is 3.86. The van der Waals surface area contributed by atoms with E-state index in [1.165, 1.54) is 12.1 Å². The maximum absolute atomic E-state index is 13.4. The van der Waals surface area contributed by atoms with Gasteiger partial charge in [-0.25, -0.2) is 4.39 Å². The molecule has 0 aliphatic rings. The number of aromatic nitrogens is 3. The molecule has 6 nitrogen and oxygen atoms in total. The van der Waals surface area contributed by atoms with Crippen LogP contribution in [0.1, 0.15) is 35.3 Å². The quantitative estimate of drug-likeness (QED) is 0.344. The number of halogens is 1. The Morgan fingerprint density at radius 1 is 0.941 bits per heavy atom. The van der Waals surface area contributed by atoms with Gasteiger partial charge in [0.2, 0.25) is 0 Å². The van der Waals surface area contributed by atoms with Crippen molar-refractivity contribution >= 4 is 5.91 Å². The van der Waals surface area contributed by atoms with Crippen LogP contribution in [0.3, 0.4) is 0 Å². The lowest BCUT2D eigenvalue weighted by atomic mass is 10.1. The summed E-state index contributed by atoms with van der Waals surface area (Å²) < 4.78 is 13.4. The zero-order chi connectivity index (χ0) is 23.9. The van der Waals surface area contributed by atoms with Crippen LogP contribution in [0.25, 0.3) is 22.5 Å². The number of H-pyrrole nitrogens is 2. The molecule has 0 saturated carbocycles. The van der Waals surface area contributed by atoms with E-state index in [1.807, 2.05) is 42.5 Å². The minimum atomic E-state index is -0.383. The van der Waals surface area contributed by atoms with Crippen LogP contribution in [-0.2, 0) is 6.42 Å². The number of nitrogens with zero attached hydrogens (tertiary/aromatic N) is 2. The van der Waals surface area contributed by atoms with E-state index < -0.39 is 0 Å². The molecule has 4 aromatic rings. The summed E-state index contributed by atoms with van der Waals surface area (Å²) in [6.07, 6.45) is 3.50. The van der Waals surface area contributed by atoms with Crippen molar-refractivity contribution in [2.45, 2.75) is 25.7 Å². The highest BCUT2D eigenvalue weighted by atomic mass is 19.1. The molecule has 7 heteroatoms. The Morgan fingerprint density at radius 2 is 1.74 bits per heavy atom. The third-order valence-corrected chi connectivity index (χ3v) is 5.76. The Morgan fingerprint density at radius 3 is 2.50 bits per heavy atom. The maximum Gasteiger partial charge on any atom is 0.261 e. The molecule has 4 rings (SSSR count). The molecule has 1 amide bonds. The summed E-state index contributed by atoms with van der Waals surface area (Å²) in [6.45, 7) is 0.566. The first kappa shape index (κ1) is 23.2. The second-order valence-electron chi connectivity index (χ2n) is 8.31. The summed E-state index contributed by atoms with van der Waals surface area (Å²) in [5, 5.41) is 7.28. The number of nitrogens with one attached hydrogen (secondary N) is 2. The summed E-state index contributed by atoms with van der Waals surface area (Å²) in [5.41, 5.74) is 3.80. The highest BCUT2D eigenvalue weighted by Gasteiger charge is 2.16. The van der Waals surface area contributed by atoms with Crippen molar-refractivity contribution in [3.63, 3.8) is 0 Å². The van der Waals surface area contributed by atoms with Crippen molar-refractivity contribution in [1.82, 2.24) is 20.1 Å². The molecule has 0 spiro atoms. The van der Waals surface area contributed by atoms with Crippen LogP contribution in [0.2, 0.25) is 0 Å². The average molecular weight is 459 g/mol. The molecule has 2 N–H and O–H groups in total. The number of benzene rings is 2. The number of pyridine rings is 1. The van der Waals surface area contributed by atoms with Gasteiger partial charge in [0, 0.05) is 30.5 Å².